The fourth-order valence-corrected chi connectivity index (χ4v) is 5.04. The molecule has 4 heterocycles. The minimum atomic E-state index is -4.41. The lowest BCUT2D eigenvalue weighted by Gasteiger charge is -2.28. The summed E-state index contributed by atoms with van der Waals surface area (Å²) in [6.45, 7) is 1.83. The Morgan fingerprint density at radius 3 is 2.51 bits per heavy atom. The van der Waals surface area contributed by atoms with Gasteiger partial charge in [0.1, 0.15) is 0 Å². The maximum absolute atomic E-state index is 13.8. The van der Waals surface area contributed by atoms with E-state index < -0.39 is 18.5 Å². The first-order valence-electron chi connectivity index (χ1n) is 11.4. The number of pyridine rings is 1. The van der Waals surface area contributed by atoms with Crippen LogP contribution in [0.1, 0.15) is 42.6 Å². The van der Waals surface area contributed by atoms with Gasteiger partial charge in [-0.1, -0.05) is 5.21 Å². The van der Waals surface area contributed by atoms with Crippen LogP contribution in [0.15, 0.2) is 18.6 Å². The molecular formula is C23H24F5N7. The first-order chi connectivity index (χ1) is 16.5. The van der Waals surface area contributed by atoms with E-state index >= 15 is 0 Å². The summed E-state index contributed by atoms with van der Waals surface area (Å²) in [6.07, 6.45) is 0.148. The number of alkyl halides is 5. The molecule has 1 aliphatic rings. The summed E-state index contributed by atoms with van der Waals surface area (Å²) in [5.41, 5.74) is 4.95. The third-order valence-corrected chi connectivity index (χ3v) is 6.76. The molecular weight excluding hydrogens is 469 g/mol. The van der Waals surface area contributed by atoms with Gasteiger partial charge in [-0.15, -0.1) is 5.10 Å². The van der Waals surface area contributed by atoms with Gasteiger partial charge in [-0.05, 0) is 37.7 Å². The van der Waals surface area contributed by atoms with Crippen molar-refractivity contribution in [3.8, 4) is 22.4 Å². The molecule has 0 bridgehead atoms. The molecule has 35 heavy (non-hydrogen) atoms. The molecule has 2 N–H and O–H groups in total. The summed E-state index contributed by atoms with van der Waals surface area (Å²) in [5, 5.41) is 14.5. The molecule has 0 amide bonds. The smallest absolute Gasteiger partial charge is 0.359 e. The van der Waals surface area contributed by atoms with Crippen LogP contribution in [0, 0.1) is 12.8 Å². The number of rotatable bonds is 5. The number of nitrogens with zero attached hydrogens (tertiary/aromatic N) is 5. The van der Waals surface area contributed by atoms with Gasteiger partial charge >= 0.3 is 6.18 Å². The highest BCUT2D eigenvalue weighted by atomic mass is 19.4. The Bertz CT molecular complexity index is 1340. The van der Waals surface area contributed by atoms with E-state index in [1.54, 1.807) is 24.1 Å². The molecule has 1 aliphatic carbocycles. The molecule has 4 aromatic heterocycles. The quantitative estimate of drug-likeness (QED) is 0.358. The van der Waals surface area contributed by atoms with Crippen molar-refractivity contribution in [1.82, 2.24) is 35.2 Å². The van der Waals surface area contributed by atoms with Gasteiger partial charge in [-0.25, -0.2) is 13.5 Å². The minimum Gasteiger partial charge on any atom is -0.359 e. The third kappa shape index (κ3) is 4.53. The molecule has 0 saturated heterocycles. The molecule has 0 atom stereocenters. The van der Waals surface area contributed by atoms with Gasteiger partial charge in [-0.2, -0.15) is 18.3 Å². The number of nitrogens with one attached hydrogen (secondary N) is 2. The van der Waals surface area contributed by atoms with Crippen LogP contribution in [0.5, 0.6) is 0 Å². The summed E-state index contributed by atoms with van der Waals surface area (Å²) >= 11 is 0. The lowest BCUT2D eigenvalue weighted by Crippen LogP contribution is -2.25. The maximum Gasteiger partial charge on any atom is 0.394 e. The summed E-state index contributed by atoms with van der Waals surface area (Å²) in [5.74, 6) is -2.59. The zero-order valence-corrected chi connectivity index (χ0v) is 19.2. The van der Waals surface area contributed by atoms with Crippen molar-refractivity contribution < 1.29 is 22.0 Å². The van der Waals surface area contributed by atoms with Gasteiger partial charge in [0.25, 0.3) is 0 Å². The standard InChI is InChI=1S/C23H24F5N7/c1-12-21(35(2)34-32-12)17-10-30-20-16(15-11-31-33-18(15)8-23(26,27)28)9-29-19(20)14(17)7-13-3-5-22(24,25)6-4-13/h9-11,13,29H,3-8H2,1-2H3,(H,31,33). The number of aromatic nitrogens is 7. The number of hydrogen-bond donors (Lipinski definition) is 2. The predicted molar refractivity (Wildman–Crippen MR) is 119 cm³/mol. The summed E-state index contributed by atoms with van der Waals surface area (Å²) in [6, 6.07) is 0. The molecule has 1 fully saturated rings. The highest BCUT2D eigenvalue weighted by Gasteiger charge is 2.36. The molecule has 4 aromatic rings. The molecule has 1 saturated carbocycles. The number of fused-ring (bicyclic) bond motifs is 1. The first kappa shape index (κ1) is 23.4. The Kier molecular flexibility index (Phi) is 5.64. The second kappa shape index (κ2) is 8.42. The second-order valence-corrected chi connectivity index (χ2v) is 9.26. The summed E-state index contributed by atoms with van der Waals surface area (Å²) in [7, 11) is 1.76. The molecule has 186 valence electrons. The Labute approximate surface area is 197 Å². The van der Waals surface area contributed by atoms with E-state index in [1.807, 2.05) is 6.92 Å². The van der Waals surface area contributed by atoms with Crippen molar-refractivity contribution in [1.29, 1.82) is 0 Å². The fraction of sp³-hybridized carbons (Fsp3) is 0.478. The lowest BCUT2D eigenvalue weighted by atomic mass is 9.81. The van der Waals surface area contributed by atoms with Crippen LogP contribution in [-0.2, 0) is 19.9 Å². The van der Waals surface area contributed by atoms with E-state index in [-0.39, 0.29) is 24.5 Å². The molecule has 7 nitrogen and oxygen atoms in total. The highest BCUT2D eigenvalue weighted by molar-refractivity contribution is 5.97. The van der Waals surface area contributed by atoms with Crippen molar-refractivity contribution in [3.05, 3.63) is 35.5 Å². The minimum absolute atomic E-state index is 0.0435. The second-order valence-electron chi connectivity index (χ2n) is 9.26. The largest absolute Gasteiger partial charge is 0.394 e. The monoisotopic (exact) mass is 493 g/mol. The molecule has 12 heteroatoms. The molecule has 0 spiro atoms. The molecule has 0 unspecified atom stereocenters. The molecule has 5 rings (SSSR count). The Morgan fingerprint density at radius 1 is 1.11 bits per heavy atom. The Balaban J connectivity index is 1.62. The van der Waals surface area contributed by atoms with Gasteiger partial charge in [0.2, 0.25) is 5.92 Å². The number of halogens is 5. The number of aromatic amines is 2. The molecule has 0 radical (unpaired) electrons. The van der Waals surface area contributed by atoms with E-state index in [0.29, 0.717) is 47.1 Å². The van der Waals surface area contributed by atoms with Crippen molar-refractivity contribution >= 4 is 11.0 Å². The summed E-state index contributed by atoms with van der Waals surface area (Å²) < 4.78 is 68.4. The number of hydrogen-bond acceptors (Lipinski definition) is 4. The van der Waals surface area contributed by atoms with E-state index in [4.69, 9.17) is 0 Å². The van der Waals surface area contributed by atoms with Crippen LogP contribution < -0.4 is 0 Å². The van der Waals surface area contributed by atoms with Crippen molar-refractivity contribution in [3.63, 3.8) is 0 Å². The third-order valence-electron chi connectivity index (χ3n) is 6.76. The van der Waals surface area contributed by atoms with Crippen molar-refractivity contribution in [2.24, 2.45) is 13.0 Å². The maximum atomic E-state index is 13.8. The molecule has 0 aromatic carbocycles. The van der Waals surface area contributed by atoms with Crippen molar-refractivity contribution in [2.75, 3.05) is 0 Å². The van der Waals surface area contributed by atoms with Gasteiger partial charge < -0.3 is 4.98 Å². The summed E-state index contributed by atoms with van der Waals surface area (Å²) in [4.78, 5) is 7.81. The highest BCUT2D eigenvalue weighted by Crippen LogP contribution is 2.41. The van der Waals surface area contributed by atoms with Crippen LogP contribution in [0.3, 0.4) is 0 Å². The average molecular weight is 493 g/mol. The zero-order valence-electron chi connectivity index (χ0n) is 19.2. The van der Waals surface area contributed by atoms with E-state index in [9.17, 15) is 22.0 Å². The van der Waals surface area contributed by atoms with Gasteiger partial charge in [-0.3, -0.25) is 10.1 Å². The number of H-pyrrole nitrogens is 2. The van der Waals surface area contributed by atoms with Gasteiger partial charge in [0, 0.05) is 55.2 Å². The van der Waals surface area contributed by atoms with Crippen LogP contribution in [0.2, 0.25) is 0 Å². The Morgan fingerprint density at radius 2 is 1.86 bits per heavy atom. The van der Waals surface area contributed by atoms with Crippen LogP contribution in [0.4, 0.5) is 22.0 Å². The van der Waals surface area contributed by atoms with Crippen LogP contribution in [0.25, 0.3) is 33.4 Å². The zero-order chi connectivity index (χ0) is 25.0. The molecule has 0 aliphatic heterocycles. The fourth-order valence-electron chi connectivity index (χ4n) is 5.04. The average Bonchev–Trinajstić information content (AvgIpc) is 3.48. The van der Waals surface area contributed by atoms with E-state index in [0.717, 1.165) is 16.8 Å². The van der Waals surface area contributed by atoms with Gasteiger partial charge in [0.05, 0.1) is 34.5 Å². The van der Waals surface area contributed by atoms with E-state index in [1.165, 1.54) is 6.20 Å². The Hall–Kier alpha value is -3.31. The number of aryl methyl sites for hydroxylation is 2. The lowest BCUT2D eigenvalue weighted by molar-refractivity contribution is -0.127. The van der Waals surface area contributed by atoms with Crippen LogP contribution in [-0.4, -0.2) is 47.3 Å². The van der Waals surface area contributed by atoms with Crippen LogP contribution >= 0.6 is 0 Å². The van der Waals surface area contributed by atoms with Gasteiger partial charge in [0.15, 0.2) is 0 Å². The SMILES string of the molecule is Cc1nnn(C)c1-c1cnc2c(-c3c[nH]nc3CC(F)(F)F)c[nH]c2c1CC1CCC(F)(F)CC1. The predicted octanol–water partition coefficient (Wildman–Crippen LogP) is 5.53. The topological polar surface area (TPSA) is 88.1 Å². The normalized spacial score (nSPS) is 16.9. The van der Waals surface area contributed by atoms with Crippen molar-refractivity contribution in [2.45, 2.75) is 57.5 Å². The van der Waals surface area contributed by atoms with E-state index in [2.05, 4.69) is 30.5 Å². The first-order valence-corrected chi connectivity index (χ1v) is 11.4.